The van der Waals surface area contributed by atoms with Crippen LogP contribution in [0.25, 0.3) is 0 Å². The summed E-state index contributed by atoms with van der Waals surface area (Å²) in [7, 11) is 0. The number of amides is 1. The van der Waals surface area contributed by atoms with Crippen LogP contribution in [0.1, 0.15) is 43.5 Å². The van der Waals surface area contributed by atoms with Crippen molar-refractivity contribution in [3.8, 4) is 0 Å². The van der Waals surface area contributed by atoms with Crippen LogP contribution in [-0.4, -0.2) is 21.4 Å². The number of nitrogens with one attached hydrogen (secondary N) is 1. The highest BCUT2D eigenvalue weighted by Crippen LogP contribution is 2.29. The number of carbonyl (C=O) groups is 1. The van der Waals surface area contributed by atoms with Gasteiger partial charge in [-0.2, -0.15) is 0 Å². The molecular formula is C13H20N4O. The molecule has 1 fully saturated rings. The number of hydrogen-bond acceptors (Lipinski definition) is 4. The van der Waals surface area contributed by atoms with Gasteiger partial charge in [-0.15, -0.1) is 0 Å². The first-order valence-corrected chi connectivity index (χ1v) is 6.41. The minimum Gasteiger partial charge on any atom is -0.350 e. The fourth-order valence-electron chi connectivity index (χ4n) is 2.34. The normalized spacial score (nSPS) is 17.7. The maximum absolute atomic E-state index is 11.8. The summed E-state index contributed by atoms with van der Waals surface area (Å²) in [6, 6.07) is 0. The zero-order valence-corrected chi connectivity index (χ0v) is 10.8. The van der Waals surface area contributed by atoms with Crippen molar-refractivity contribution in [2.24, 2.45) is 5.73 Å². The van der Waals surface area contributed by atoms with Gasteiger partial charge in [-0.1, -0.05) is 12.8 Å². The molecule has 0 aliphatic heterocycles. The van der Waals surface area contributed by atoms with E-state index < -0.39 is 0 Å². The maximum Gasteiger partial charge on any atom is 0.222 e. The van der Waals surface area contributed by atoms with Gasteiger partial charge in [0, 0.05) is 18.2 Å². The van der Waals surface area contributed by atoms with E-state index >= 15 is 0 Å². The number of aromatic nitrogens is 2. The summed E-state index contributed by atoms with van der Waals surface area (Å²) < 4.78 is 0. The third kappa shape index (κ3) is 3.50. The van der Waals surface area contributed by atoms with Crippen LogP contribution in [0.4, 0.5) is 0 Å². The number of aryl methyl sites for hydroxylation is 1. The first-order valence-electron chi connectivity index (χ1n) is 6.41. The summed E-state index contributed by atoms with van der Waals surface area (Å²) in [5.41, 5.74) is 7.51. The van der Waals surface area contributed by atoms with E-state index in [0.717, 1.165) is 37.1 Å². The lowest BCUT2D eigenvalue weighted by molar-refractivity contribution is -0.122. The predicted molar refractivity (Wildman–Crippen MR) is 68.6 cm³/mol. The van der Waals surface area contributed by atoms with E-state index in [1.165, 1.54) is 0 Å². The Balaban J connectivity index is 1.79. The topological polar surface area (TPSA) is 80.9 Å². The molecule has 0 unspecified atom stereocenters. The summed E-state index contributed by atoms with van der Waals surface area (Å²) in [4.78, 5) is 20.1. The van der Waals surface area contributed by atoms with Crippen molar-refractivity contribution < 1.29 is 4.79 Å². The molecule has 1 saturated carbocycles. The zero-order valence-electron chi connectivity index (χ0n) is 10.8. The molecule has 0 aromatic carbocycles. The quantitative estimate of drug-likeness (QED) is 0.835. The van der Waals surface area contributed by atoms with Gasteiger partial charge in [0.25, 0.3) is 0 Å². The maximum atomic E-state index is 11.8. The van der Waals surface area contributed by atoms with E-state index in [9.17, 15) is 4.79 Å². The summed E-state index contributed by atoms with van der Waals surface area (Å²) in [6.07, 6.45) is 7.95. The second kappa shape index (κ2) is 5.44. The minimum absolute atomic E-state index is 0.00164. The third-order valence-electron chi connectivity index (χ3n) is 3.41. The van der Waals surface area contributed by atoms with Crippen molar-refractivity contribution in [1.82, 2.24) is 15.3 Å². The molecule has 0 saturated heterocycles. The Kier molecular flexibility index (Phi) is 3.91. The highest BCUT2D eigenvalue weighted by molar-refractivity contribution is 5.77. The molecular weight excluding hydrogens is 228 g/mol. The fourth-order valence-corrected chi connectivity index (χ4v) is 2.34. The monoisotopic (exact) mass is 248 g/mol. The molecule has 0 radical (unpaired) electrons. The van der Waals surface area contributed by atoms with Crippen LogP contribution in [0.3, 0.4) is 0 Å². The number of hydrogen-bond donors (Lipinski definition) is 2. The second-order valence-corrected chi connectivity index (χ2v) is 5.17. The van der Waals surface area contributed by atoms with Gasteiger partial charge in [0.2, 0.25) is 5.91 Å². The van der Waals surface area contributed by atoms with E-state index in [4.69, 9.17) is 5.73 Å². The number of carbonyl (C=O) groups excluding carboxylic acids is 1. The summed E-state index contributed by atoms with van der Waals surface area (Å²) >= 11 is 0. The smallest absolute Gasteiger partial charge is 0.222 e. The van der Waals surface area contributed by atoms with E-state index in [1.807, 2.05) is 6.92 Å². The van der Waals surface area contributed by atoms with Gasteiger partial charge in [-0.3, -0.25) is 14.8 Å². The lowest BCUT2D eigenvalue weighted by atomic mass is 9.94. The molecule has 0 atom stereocenters. The van der Waals surface area contributed by atoms with Crippen LogP contribution in [0.15, 0.2) is 12.4 Å². The second-order valence-electron chi connectivity index (χ2n) is 5.17. The van der Waals surface area contributed by atoms with Gasteiger partial charge < -0.3 is 11.1 Å². The Bertz CT molecular complexity index is 410. The van der Waals surface area contributed by atoms with Crippen molar-refractivity contribution in [3.63, 3.8) is 0 Å². The van der Waals surface area contributed by atoms with Gasteiger partial charge in [-0.05, 0) is 19.8 Å². The molecule has 1 amide bonds. The number of nitrogens with zero attached hydrogens (tertiary/aromatic N) is 2. The molecule has 0 spiro atoms. The van der Waals surface area contributed by atoms with Crippen molar-refractivity contribution in [3.05, 3.63) is 23.8 Å². The van der Waals surface area contributed by atoms with Gasteiger partial charge in [-0.25, -0.2) is 0 Å². The van der Waals surface area contributed by atoms with Crippen molar-refractivity contribution >= 4 is 5.91 Å². The lowest BCUT2D eigenvalue weighted by Crippen LogP contribution is -2.42. The van der Waals surface area contributed by atoms with Crippen LogP contribution in [0.5, 0.6) is 0 Å². The number of rotatable bonds is 4. The van der Waals surface area contributed by atoms with E-state index in [1.54, 1.807) is 12.4 Å². The molecule has 1 heterocycles. The Morgan fingerprint density at radius 1 is 1.39 bits per heavy atom. The van der Waals surface area contributed by atoms with Crippen LogP contribution in [-0.2, 0) is 11.3 Å². The highest BCUT2D eigenvalue weighted by atomic mass is 16.1. The Morgan fingerprint density at radius 3 is 2.72 bits per heavy atom. The van der Waals surface area contributed by atoms with Crippen LogP contribution in [0, 0.1) is 6.92 Å². The molecule has 5 heteroatoms. The summed E-state index contributed by atoms with van der Waals surface area (Å²) in [5.74, 6) is 0.00164. The molecule has 18 heavy (non-hydrogen) atoms. The molecule has 1 aromatic heterocycles. The molecule has 98 valence electrons. The zero-order chi connectivity index (χ0) is 13.0. The lowest BCUT2D eigenvalue weighted by Gasteiger charge is -2.22. The molecule has 1 aromatic rings. The van der Waals surface area contributed by atoms with Gasteiger partial charge in [0.1, 0.15) is 0 Å². The minimum atomic E-state index is -0.289. The SMILES string of the molecule is Cc1cnc(CNC(=O)CC2(N)CCCC2)cn1. The largest absolute Gasteiger partial charge is 0.350 e. The molecule has 5 nitrogen and oxygen atoms in total. The van der Waals surface area contributed by atoms with Gasteiger partial charge in [0.15, 0.2) is 0 Å². The van der Waals surface area contributed by atoms with E-state index in [0.29, 0.717) is 13.0 Å². The van der Waals surface area contributed by atoms with Crippen LogP contribution in [0.2, 0.25) is 0 Å². The van der Waals surface area contributed by atoms with Crippen LogP contribution < -0.4 is 11.1 Å². The highest BCUT2D eigenvalue weighted by Gasteiger charge is 2.31. The Labute approximate surface area is 107 Å². The predicted octanol–water partition coefficient (Wildman–Crippen LogP) is 1.06. The first-order chi connectivity index (χ1) is 8.57. The fraction of sp³-hybridized carbons (Fsp3) is 0.615. The van der Waals surface area contributed by atoms with Crippen molar-refractivity contribution in [2.75, 3.05) is 0 Å². The van der Waals surface area contributed by atoms with E-state index in [2.05, 4.69) is 15.3 Å². The van der Waals surface area contributed by atoms with E-state index in [-0.39, 0.29) is 11.4 Å². The first kappa shape index (κ1) is 13.0. The Morgan fingerprint density at radius 2 is 2.11 bits per heavy atom. The van der Waals surface area contributed by atoms with Crippen molar-refractivity contribution in [1.29, 1.82) is 0 Å². The van der Waals surface area contributed by atoms with Gasteiger partial charge >= 0.3 is 0 Å². The molecule has 0 bridgehead atoms. The molecule has 2 rings (SSSR count). The average Bonchev–Trinajstić information content (AvgIpc) is 2.75. The molecule has 1 aliphatic carbocycles. The van der Waals surface area contributed by atoms with Crippen LogP contribution >= 0.6 is 0 Å². The standard InChI is InChI=1S/C13H20N4O/c1-10-7-16-11(8-15-10)9-17-12(18)6-13(14)4-2-3-5-13/h7-8H,2-6,9,14H2,1H3,(H,17,18). The number of nitrogens with two attached hydrogens (primary N) is 1. The summed E-state index contributed by atoms with van der Waals surface area (Å²) in [6.45, 7) is 2.30. The molecule has 3 N–H and O–H groups in total. The molecule has 1 aliphatic rings. The van der Waals surface area contributed by atoms with Gasteiger partial charge in [0.05, 0.1) is 24.1 Å². The van der Waals surface area contributed by atoms with Crippen molar-refractivity contribution in [2.45, 2.75) is 51.1 Å². The summed E-state index contributed by atoms with van der Waals surface area (Å²) in [5, 5.41) is 2.85. The average molecular weight is 248 g/mol. The Hall–Kier alpha value is -1.49. The third-order valence-corrected chi connectivity index (χ3v) is 3.41.